The highest BCUT2D eigenvalue weighted by Gasteiger charge is 2.57. The zero-order chi connectivity index (χ0) is 32.1. The Morgan fingerprint density at radius 1 is 0.250 bits per heavy atom. The molecule has 4 unspecified atom stereocenters. The largest absolute Gasteiger partial charge is 0.294 e. The average molecular weight is 659 g/mol. The van der Waals surface area contributed by atoms with E-state index in [4.69, 9.17) is 0 Å². The van der Waals surface area contributed by atoms with Crippen molar-refractivity contribution in [1.82, 2.24) is 9.80 Å². The highest BCUT2D eigenvalue weighted by Crippen LogP contribution is 2.56. The molecule has 0 radical (unpaired) electrons. The molecule has 0 spiro atoms. The maximum atomic E-state index is 3.45. The maximum Gasteiger partial charge on any atom is 0.0164 e. The first-order valence-electron chi connectivity index (χ1n) is 23.1. The van der Waals surface area contributed by atoms with Crippen molar-refractivity contribution in [3.63, 3.8) is 0 Å². The normalized spacial score (nSPS) is 40.3. The molecule has 0 aliphatic heterocycles. The fourth-order valence-corrected chi connectivity index (χ4v) is 14.5. The van der Waals surface area contributed by atoms with Gasteiger partial charge in [0.15, 0.2) is 0 Å². The summed E-state index contributed by atoms with van der Waals surface area (Å²) in [5.41, 5.74) is 0. The summed E-state index contributed by atoms with van der Waals surface area (Å²) < 4.78 is 0. The number of rotatable bonds is 8. The lowest BCUT2D eigenvalue weighted by Gasteiger charge is -2.64. The lowest BCUT2D eigenvalue weighted by Crippen LogP contribution is -2.68. The van der Waals surface area contributed by atoms with E-state index in [0.29, 0.717) is 0 Å². The molecule has 272 valence electrons. The molecule has 0 aromatic rings. The van der Waals surface area contributed by atoms with E-state index in [1.54, 1.807) is 25.7 Å². The van der Waals surface area contributed by atoms with Gasteiger partial charge in [-0.25, -0.2) is 0 Å². The lowest BCUT2D eigenvalue weighted by molar-refractivity contribution is -0.147. The van der Waals surface area contributed by atoms with Crippen LogP contribution in [0.2, 0.25) is 0 Å². The molecule has 2 nitrogen and oxygen atoms in total. The second-order valence-electron chi connectivity index (χ2n) is 19.3. The van der Waals surface area contributed by atoms with Crippen molar-refractivity contribution in [3.8, 4) is 0 Å². The van der Waals surface area contributed by atoms with Crippen LogP contribution in [0.25, 0.3) is 0 Å². The third kappa shape index (κ3) is 7.71. The SMILES string of the molecule is C(=CC1CCC(N(C2CCCCC2)C2C3CCCCC3C(N(C3CCCCC3)C3CCCCC3)C3CCCCC32)CC1)C1CCCCC1. The van der Waals surface area contributed by atoms with Crippen LogP contribution in [0.5, 0.6) is 0 Å². The monoisotopic (exact) mass is 659 g/mol. The number of allylic oxidation sites excluding steroid dienone is 2. The van der Waals surface area contributed by atoms with Crippen molar-refractivity contribution >= 4 is 0 Å². The summed E-state index contributed by atoms with van der Waals surface area (Å²) >= 11 is 0. The van der Waals surface area contributed by atoms with E-state index in [1.165, 1.54) is 180 Å². The topological polar surface area (TPSA) is 6.48 Å². The maximum absolute atomic E-state index is 3.45. The van der Waals surface area contributed by atoms with Crippen LogP contribution in [0, 0.1) is 35.5 Å². The van der Waals surface area contributed by atoms with Crippen LogP contribution in [0.15, 0.2) is 12.2 Å². The van der Waals surface area contributed by atoms with Gasteiger partial charge in [0.2, 0.25) is 0 Å². The molecule has 4 atom stereocenters. The molecule has 0 heterocycles. The van der Waals surface area contributed by atoms with Gasteiger partial charge in [-0.1, -0.05) is 115 Å². The molecule has 8 aliphatic rings. The number of fused-ring (bicyclic) bond motifs is 2. The molecular formula is C46H78N2. The Morgan fingerprint density at radius 2 is 0.521 bits per heavy atom. The molecule has 8 rings (SSSR count). The first kappa shape index (κ1) is 34.7. The van der Waals surface area contributed by atoms with Crippen molar-refractivity contribution in [2.75, 3.05) is 0 Å². The van der Waals surface area contributed by atoms with Gasteiger partial charge in [-0.2, -0.15) is 0 Å². The fourth-order valence-electron chi connectivity index (χ4n) is 14.5. The lowest BCUT2D eigenvalue weighted by atomic mass is 9.53. The van der Waals surface area contributed by atoms with Gasteiger partial charge in [0.25, 0.3) is 0 Å². The Bertz CT molecular complexity index is 930. The van der Waals surface area contributed by atoms with Gasteiger partial charge in [-0.05, 0) is 138 Å². The van der Waals surface area contributed by atoms with E-state index in [-0.39, 0.29) is 0 Å². The molecule has 8 fully saturated rings. The van der Waals surface area contributed by atoms with E-state index in [9.17, 15) is 0 Å². The van der Waals surface area contributed by atoms with Gasteiger partial charge in [-0.3, -0.25) is 9.80 Å². The van der Waals surface area contributed by atoms with Crippen LogP contribution < -0.4 is 0 Å². The van der Waals surface area contributed by atoms with E-state index in [2.05, 4.69) is 22.0 Å². The van der Waals surface area contributed by atoms with Crippen LogP contribution in [0.4, 0.5) is 0 Å². The Balaban J connectivity index is 1.08. The summed E-state index contributed by atoms with van der Waals surface area (Å²) in [6.45, 7) is 0. The standard InChI is InChI=1S/C46H78N2/c1-5-17-35(18-6-1)29-30-36-31-33-40(34-32-36)48(39-23-11-4-12-24-39)46-43-27-15-13-25-41(43)45(42-26-14-16-28-44(42)46)47(37-19-7-2-8-20-37)38-21-9-3-10-22-38/h29-30,35-46H,1-28,31-34H2. The minimum Gasteiger partial charge on any atom is -0.294 e. The molecule has 0 saturated heterocycles. The molecule has 2 heteroatoms. The first-order chi connectivity index (χ1) is 23.8. The van der Waals surface area contributed by atoms with Gasteiger partial charge >= 0.3 is 0 Å². The van der Waals surface area contributed by atoms with Crippen molar-refractivity contribution in [2.45, 2.75) is 242 Å². The molecule has 0 N–H and O–H groups in total. The van der Waals surface area contributed by atoms with Gasteiger partial charge < -0.3 is 0 Å². The molecular weight excluding hydrogens is 581 g/mol. The molecule has 48 heavy (non-hydrogen) atoms. The summed E-state index contributed by atoms with van der Waals surface area (Å²) in [4.78, 5) is 6.88. The predicted molar refractivity (Wildman–Crippen MR) is 204 cm³/mol. The van der Waals surface area contributed by atoms with Crippen LogP contribution >= 0.6 is 0 Å². The second-order valence-corrected chi connectivity index (χ2v) is 19.3. The smallest absolute Gasteiger partial charge is 0.0164 e. The van der Waals surface area contributed by atoms with Crippen molar-refractivity contribution < 1.29 is 0 Å². The van der Waals surface area contributed by atoms with Gasteiger partial charge in [0, 0.05) is 36.3 Å². The zero-order valence-corrected chi connectivity index (χ0v) is 31.6. The molecule has 0 bridgehead atoms. The van der Waals surface area contributed by atoms with Crippen molar-refractivity contribution in [3.05, 3.63) is 12.2 Å². The zero-order valence-electron chi connectivity index (χ0n) is 31.6. The molecule has 0 amide bonds. The number of hydrogen-bond acceptors (Lipinski definition) is 2. The quantitative estimate of drug-likeness (QED) is 0.239. The first-order valence-corrected chi connectivity index (χ1v) is 23.1. The van der Waals surface area contributed by atoms with E-state index < -0.39 is 0 Å². The Labute approximate surface area is 298 Å². The van der Waals surface area contributed by atoms with Crippen molar-refractivity contribution in [2.24, 2.45) is 35.5 Å². The second kappa shape index (κ2) is 17.0. The van der Waals surface area contributed by atoms with E-state index >= 15 is 0 Å². The summed E-state index contributed by atoms with van der Waals surface area (Å²) in [5, 5.41) is 0. The van der Waals surface area contributed by atoms with E-state index in [1.807, 2.05) is 0 Å². The summed E-state index contributed by atoms with van der Waals surface area (Å²) in [5.74, 6) is 5.74. The highest BCUT2D eigenvalue weighted by atomic mass is 15.3. The summed E-state index contributed by atoms with van der Waals surface area (Å²) in [6, 6.07) is 5.46. The third-order valence-corrected chi connectivity index (χ3v) is 16.7. The number of hydrogen-bond donors (Lipinski definition) is 0. The molecule has 0 aromatic heterocycles. The summed E-state index contributed by atoms with van der Waals surface area (Å²) in [7, 11) is 0. The predicted octanol–water partition coefficient (Wildman–Crippen LogP) is 12.6. The average Bonchev–Trinajstić information content (AvgIpc) is 3.17. The van der Waals surface area contributed by atoms with Gasteiger partial charge in [-0.15, -0.1) is 0 Å². The Kier molecular flexibility index (Phi) is 12.3. The fraction of sp³-hybridized carbons (Fsp3) is 0.957. The minimum absolute atomic E-state index is 0.872. The van der Waals surface area contributed by atoms with Crippen LogP contribution in [0.3, 0.4) is 0 Å². The van der Waals surface area contributed by atoms with Crippen LogP contribution in [-0.2, 0) is 0 Å². The number of nitrogens with zero attached hydrogens (tertiary/aromatic N) is 2. The summed E-state index contributed by atoms with van der Waals surface area (Å²) in [6.07, 6.45) is 53.9. The van der Waals surface area contributed by atoms with Crippen molar-refractivity contribution in [1.29, 1.82) is 0 Å². The third-order valence-electron chi connectivity index (χ3n) is 16.7. The van der Waals surface area contributed by atoms with E-state index in [0.717, 1.165) is 71.8 Å². The Morgan fingerprint density at radius 3 is 0.875 bits per heavy atom. The highest BCUT2D eigenvalue weighted by molar-refractivity contribution is 5.10. The van der Waals surface area contributed by atoms with Gasteiger partial charge in [0.1, 0.15) is 0 Å². The minimum atomic E-state index is 0.872. The van der Waals surface area contributed by atoms with Crippen LogP contribution in [-0.4, -0.2) is 46.1 Å². The molecule has 0 aromatic carbocycles. The molecule has 8 saturated carbocycles. The molecule has 8 aliphatic carbocycles. The Hall–Kier alpha value is -0.340. The van der Waals surface area contributed by atoms with Gasteiger partial charge in [0.05, 0.1) is 0 Å². The van der Waals surface area contributed by atoms with Crippen LogP contribution in [0.1, 0.15) is 205 Å².